The van der Waals surface area contributed by atoms with Gasteiger partial charge in [0.25, 0.3) is 5.91 Å². The number of rotatable bonds is 6. The number of hydrogen-bond donors (Lipinski definition) is 2. The minimum Gasteiger partial charge on any atom is -0.542 e. The minimum absolute atomic E-state index is 0.00669. The van der Waals surface area contributed by atoms with E-state index in [1.54, 1.807) is 18.5 Å². The van der Waals surface area contributed by atoms with Crippen LogP contribution in [-0.2, 0) is 22.7 Å². The number of carbonyl (C=O) groups excluding carboxylic acids is 2. The summed E-state index contributed by atoms with van der Waals surface area (Å²) in [5.74, 6) is -4.13. The molecule has 0 fully saturated rings. The second kappa shape index (κ2) is 10.2. The van der Waals surface area contributed by atoms with E-state index in [1.807, 2.05) is 5.38 Å². The fourth-order valence-electron chi connectivity index (χ4n) is 1.46. The molecule has 9 nitrogen and oxygen atoms in total. The largest absolute Gasteiger partial charge is 0.542 e. The van der Waals surface area contributed by atoms with Gasteiger partial charge in [-0.1, -0.05) is 4.68 Å². The van der Waals surface area contributed by atoms with Gasteiger partial charge in [0.05, 0.1) is 12.1 Å². The number of aryl methyl sites for hydroxylation is 1. The maximum absolute atomic E-state index is 11.8. The van der Waals surface area contributed by atoms with Crippen LogP contribution in [0.1, 0.15) is 21.8 Å². The first kappa shape index (κ1) is 22.0. The van der Waals surface area contributed by atoms with Crippen molar-refractivity contribution in [1.29, 1.82) is 0 Å². The van der Waals surface area contributed by atoms with Gasteiger partial charge in [0.1, 0.15) is 23.6 Å². The summed E-state index contributed by atoms with van der Waals surface area (Å²) >= 11 is 1.47. The molecule has 146 valence electrons. The minimum atomic E-state index is -5.19. The lowest BCUT2D eigenvalue weighted by atomic mass is 10.3. The highest BCUT2D eigenvalue weighted by atomic mass is 32.1. The van der Waals surface area contributed by atoms with Gasteiger partial charge >= 0.3 is 12.1 Å². The molecule has 1 amide bonds. The Morgan fingerprint density at radius 1 is 1.33 bits per heavy atom. The predicted molar refractivity (Wildman–Crippen MR) is 81.0 cm³/mol. The van der Waals surface area contributed by atoms with Crippen molar-refractivity contribution in [2.45, 2.75) is 25.7 Å². The summed E-state index contributed by atoms with van der Waals surface area (Å²) in [4.78, 5) is 35.1. The molecule has 0 radical (unpaired) electrons. The first-order valence-electron chi connectivity index (χ1n) is 7.12. The maximum Gasteiger partial charge on any atom is 0.430 e. The van der Waals surface area contributed by atoms with Crippen LogP contribution < -0.4 is 15.1 Å². The monoisotopic (exact) mass is 406 g/mol. The van der Waals surface area contributed by atoms with Crippen molar-refractivity contribution < 1.29 is 42.4 Å². The summed E-state index contributed by atoms with van der Waals surface area (Å²) in [7, 11) is 0. The van der Waals surface area contributed by atoms with E-state index in [0.717, 1.165) is 5.01 Å². The molecule has 0 atom stereocenters. The van der Waals surface area contributed by atoms with E-state index >= 15 is 0 Å². The highest BCUT2D eigenvalue weighted by Gasteiger charge is 2.28. The van der Waals surface area contributed by atoms with E-state index in [2.05, 4.69) is 15.4 Å². The molecule has 2 aromatic rings. The number of hydrogen-bond acceptors (Lipinski definition) is 7. The summed E-state index contributed by atoms with van der Waals surface area (Å²) in [6.45, 7) is 0.654. The van der Waals surface area contributed by atoms with E-state index in [1.165, 1.54) is 22.2 Å². The SMILES string of the molecule is O=C(O)CC[n+]1ccc(C(=O)NCc2nccs2)cn1.O=C([O-])C(F)(F)F. The van der Waals surface area contributed by atoms with Gasteiger partial charge in [0.15, 0.2) is 12.7 Å². The summed E-state index contributed by atoms with van der Waals surface area (Å²) in [5.41, 5.74) is 0.424. The highest BCUT2D eigenvalue weighted by Crippen LogP contribution is 2.11. The third-order valence-corrected chi connectivity index (χ3v) is 3.48. The topological polar surface area (TPSA) is 136 Å². The van der Waals surface area contributed by atoms with Crippen molar-refractivity contribution in [3.05, 3.63) is 40.6 Å². The molecule has 0 aromatic carbocycles. The number of carboxylic acid groups (broad SMARTS) is 2. The molecule has 0 spiro atoms. The van der Waals surface area contributed by atoms with E-state index in [0.29, 0.717) is 12.1 Å². The van der Waals surface area contributed by atoms with Gasteiger partial charge in [-0.2, -0.15) is 13.2 Å². The fourth-order valence-corrected chi connectivity index (χ4v) is 2.02. The number of carbonyl (C=O) groups is 3. The van der Waals surface area contributed by atoms with Gasteiger partial charge in [0.2, 0.25) is 0 Å². The van der Waals surface area contributed by atoms with Crippen LogP contribution in [0.25, 0.3) is 0 Å². The first-order valence-corrected chi connectivity index (χ1v) is 8.00. The lowest BCUT2D eigenvalue weighted by Crippen LogP contribution is -2.39. The number of thiazole rings is 1. The normalized spacial score (nSPS) is 10.5. The van der Waals surface area contributed by atoms with Crippen molar-refractivity contribution in [2.24, 2.45) is 0 Å². The van der Waals surface area contributed by atoms with Crippen molar-refractivity contribution in [2.75, 3.05) is 0 Å². The van der Waals surface area contributed by atoms with E-state index in [9.17, 15) is 22.8 Å². The van der Waals surface area contributed by atoms with Crippen LogP contribution in [0.3, 0.4) is 0 Å². The first-order chi connectivity index (χ1) is 12.6. The zero-order chi connectivity index (χ0) is 20.4. The molecule has 0 aliphatic rings. The molecule has 0 saturated heterocycles. The molecule has 0 bridgehead atoms. The molecule has 0 aliphatic heterocycles. The average Bonchev–Trinajstić information content (AvgIpc) is 3.11. The Bertz CT molecular complexity index is 766. The van der Waals surface area contributed by atoms with Gasteiger partial charge in [-0.15, -0.1) is 11.3 Å². The Labute approximate surface area is 154 Å². The number of halogens is 3. The average molecular weight is 406 g/mol. The van der Waals surface area contributed by atoms with E-state index in [4.69, 9.17) is 15.0 Å². The molecule has 2 rings (SSSR count). The summed E-state index contributed by atoms with van der Waals surface area (Å²) < 4.78 is 33.0. The smallest absolute Gasteiger partial charge is 0.430 e. The van der Waals surface area contributed by atoms with Crippen LogP contribution in [0.5, 0.6) is 0 Å². The van der Waals surface area contributed by atoms with Crippen molar-refractivity contribution in [3.63, 3.8) is 0 Å². The zero-order valence-electron chi connectivity index (χ0n) is 13.5. The van der Waals surface area contributed by atoms with E-state index in [-0.39, 0.29) is 18.9 Å². The second-order valence-electron chi connectivity index (χ2n) is 4.72. The fraction of sp³-hybridized carbons (Fsp3) is 0.286. The molecule has 2 N–H and O–H groups in total. The Balaban J connectivity index is 0.000000445. The highest BCUT2D eigenvalue weighted by molar-refractivity contribution is 7.09. The molecule has 0 unspecified atom stereocenters. The number of aliphatic carboxylic acids is 2. The van der Waals surface area contributed by atoms with Crippen molar-refractivity contribution in [1.82, 2.24) is 15.4 Å². The van der Waals surface area contributed by atoms with Crippen LogP contribution >= 0.6 is 11.3 Å². The number of amides is 1. The molecular weight excluding hydrogens is 393 g/mol. The Kier molecular flexibility index (Phi) is 8.26. The van der Waals surface area contributed by atoms with Crippen molar-refractivity contribution >= 4 is 29.2 Å². The molecular formula is C14H13F3N4O5S. The summed E-state index contributed by atoms with van der Waals surface area (Å²) in [6.07, 6.45) is -0.519. The Morgan fingerprint density at radius 2 is 2.00 bits per heavy atom. The summed E-state index contributed by atoms with van der Waals surface area (Å²) in [5, 5.41) is 26.8. The molecule has 13 heteroatoms. The zero-order valence-corrected chi connectivity index (χ0v) is 14.3. The standard InChI is InChI=1S/C12H12N4O3S.C2HF3O2/c17-11(18)2-5-16-4-1-9(7-15-16)12(19)14-8-10-13-3-6-20-10;3-2(4,5)1(6)7/h1,3-4,6-7H,2,5,8H2,(H-,14,17,18,19);(H,6,7). The van der Waals surface area contributed by atoms with Gasteiger partial charge in [-0.25, -0.2) is 4.98 Å². The van der Waals surface area contributed by atoms with Crippen LogP contribution in [0, 0.1) is 0 Å². The number of aromatic nitrogens is 3. The summed E-state index contributed by atoms with van der Waals surface area (Å²) in [6, 6.07) is 1.60. The molecule has 27 heavy (non-hydrogen) atoms. The van der Waals surface area contributed by atoms with Gasteiger partial charge < -0.3 is 20.3 Å². The number of alkyl halides is 3. The lowest BCUT2D eigenvalue weighted by molar-refractivity contribution is -0.753. The molecule has 2 heterocycles. The number of nitrogens with one attached hydrogen (secondary N) is 1. The third kappa shape index (κ3) is 8.71. The molecule has 0 saturated carbocycles. The lowest BCUT2D eigenvalue weighted by Gasteiger charge is -2.03. The van der Waals surface area contributed by atoms with Crippen LogP contribution in [-0.4, -0.2) is 39.2 Å². The number of carboxylic acids is 2. The maximum atomic E-state index is 11.8. The van der Waals surface area contributed by atoms with Gasteiger partial charge in [-0.05, 0) is 5.10 Å². The Morgan fingerprint density at radius 3 is 2.44 bits per heavy atom. The van der Waals surface area contributed by atoms with Crippen LogP contribution in [0.2, 0.25) is 0 Å². The number of nitrogens with zero attached hydrogens (tertiary/aromatic N) is 3. The molecule has 0 aliphatic carbocycles. The third-order valence-electron chi connectivity index (χ3n) is 2.70. The quantitative estimate of drug-likeness (QED) is 0.619. The van der Waals surface area contributed by atoms with Crippen LogP contribution in [0.4, 0.5) is 13.2 Å². The van der Waals surface area contributed by atoms with Gasteiger partial charge in [-0.3, -0.25) is 9.59 Å². The van der Waals surface area contributed by atoms with Gasteiger partial charge in [0, 0.05) is 17.6 Å². The van der Waals surface area contributed by atoms with E-state index < -0.39 is 18.1 Å². The predicted octanol–water partition coefficient (Wildman–Crippen LogP) is -0.471. The molecule has 2 aromatic heterocycles. The Hall–Kier alpha value is -3.09. The van der Waals surface area contributed by atoms with Crippen LogP contribution in [0.15, 0.2) is 30.0 Å². The van der Waals surface area contributed by atoms with Crippen molar-refractivity contribution in [3.8, 4) is 0 Å². The second-order valence-corrected chi connectivity index (χ2v) is 5.70.